The summed E-state index contributed by atoms with van der Waals surface area (Å²) in [4.78, 5) is 0. The van der Waals surface area contributed by atoms with Gasteiger partial charge in [0.15, 0.2) is 5.82 Å². The van der Waals surface area contributed by atoms with Crippen LogP contribution in [-0.4, -0.2) is 16.2 Å². The van der Waals surface area contributed by atoms with E-state index in [1.54, 1.807) is 0 Å². The van der Waals surface area contributed by atoms with Crippen molar-refractivity contribution in [3.8, 4) is 6.07 Å². The van der Waals surface area contributed by atoms with Gasteiger partial charge in [-0.1, -0.05) is 20.8 Å². The third-order valence-corrected chi connectivity index (χ3v) is 2.95. The molecule has 1 N–H and O–H groups in total. The summed E-state index contributed by atoms with van der Waals surface area (Å²) >= 11 is 0. The van der Waals surface area contributed by atoms with Gasteiger partial charge in [-0.25, -0.2) is 0 Å². The van der Waals surface area contributed by atoms with E-state index in [1.165, 1.54) is 0 Å². The standard InChI is InChI=1S/C13H20N4/c1-5-9(4)15-13-11(8-14)10(6-2)12(7-3)16-17-13/h9H,5-7H2,1-4H3,(H,15,17). The van der Waals surface area contributed by atoms with Gasteiger partial charge in [-0.3, -0.25) is 0 Å². The van der Waals surface area contributed by atoms with Crippen molar-refractivity contribution in [2.45, 2.75) is 53.0 Å². The number of aromatic nitrogens is 2. The number of aryl methyl sites for hydroxylation is 1. The first-order valence-corrected chi connectivity index (χ1v) is 6.22. The molecule has 0 spiro atoms. The van der Waals surface area contributed by atoms with Crippen LogP contribution < -0.4 is 5.32 Å². The molecule has 0 aliphatic rings. The second-order valence-electron chi connectivity index (χ2n) is 4.12. The van der Waals surface area contributed by atoms with E-state index in [1.807, 2.05) is 13.8 Å². The van der Waals surface area contributed by atoms with E-state index in [2.05, 4.69) is 35.4 Å². The topological polar surface area (TPSA) is 61.6 Å². The first kappa shape index (κ1) is 13.4. The molecule has 0 radical (unpaired) electrons. The fraction of sp³-hybridized carbons (Fsp3) is 0.615. The molecule has 4 heteroatoms. The average molecular weight is 232 g/mol. The van der Waals surface area contributed by atoms with E-state index in [-0.39, 0.29) is 0 Å². The van der Waals surface area contributed by atoms with Gasteiger partial charge in [0.2, 0.25) is 0 Å². The zero-order chi connectivity index (χ0) is 12.8. The number of anilines is 1. The highest BCUT2D eigenvalue weighted by molar-refractivity contribution is 5.56. The van der Waals surface area contributed by atoms with E-state index in [4.69, 9.17) is 0 Å². The van der Waals surface area contributed by atoms with E-state index < -0.39 is 0 Å². The maximum Gasteiger partial charge on any atom is 0.167 e. The summed E-state index contributed by atoms with van der Waals surface area (Å²) < 4.78 is 0. The van der Waals surface area contributed by atoms with Crippen LogP contribution in [0.5, 0.6) is 0 Å². The van der Waals surface area contributed by atoms with Gasteiger partial charge in [-0.15, -0.1) is 5.10 Å². The Kier molecular flexibility index (Phi) is 4.89. The minimum atomic E-state index is 0.300. The number of hydrogen-bond donors (Lipinski definition) is 1. The summed E-state index contributed by atoms with van der Waals surface area (Å²) in [7, 11) is 0. The van der Waals surface area contributed by atoms with Crippen LogP contribution in [0.25, 0.3) is 0 Å². The first-order valence-electron chi connectivity index (χ1n) is 6.22. The molecule has 1 aromatic rings. The number of hydrogen-bond acceptors (Lipinski definition) is 4. The number of nitriles is 1. The second-order valence-corrected chi connectivity index (χ2v) is 4.12. The lowest BCUT2D eigenvalue weighted by molar-refractivity contribution is 0.749. The van der Waals surface area contributed by atoms with Crippen molar-refractivity contribution >= 4 is 5.82 Å². The Labute approximate surface area is 103 Å². The lowest BCUT2D eigenvalue weighted by Crippen LogP contribution is -2.17. The van der Waals surface area contributed by atoms with Crippen LogP contribution in [-0.2, 0) is 12.8 Å². The summed E-state index contributed by atoms with van der Waals surface area (Å²) in [6, 6.07) is 2.55. The van der Waals surface area contributed by atoms with Gasteiger partial charge in [0.05, 0.1) is 5.69 Å². The molecule has 1 heterocycles. The highest BCUT2D eigenvalue weighted by Gasteiger charge is 2.14. The Balaban J connectivity index is 3.20. The summed E-state index contributed by atoms with van der Waals surface area (Å²) in [6.07, 6.45) is 2.62. The van der Waals surface area contributed by atoms with E-state index in [0.29, 0.717) is 17.4 Å². The molecule has 0 bridgehead atoms. The minimum absolute atomic E-state index is 0.300. The Morgan fingerprint density at radius 2 is 1.94 bits per heavy atom. The minimum Gasteiger partial charge on any atom is -0.365 e. The largest absolute Gasteiger partial charge is 0.365 e. The third kappa shape index (κ3) is 2.94. The molecule has 0 fully saturated rings. The highest BCUT2D eigenvalue weighted by Crippen LogP contribution is 2.20. The predicted octanol–water partition coefficient (Wildman–Crippen LogP) is 2.68. The molecule has 0 saturated heterocycles. The van der Waals surface area contributed by atoms with Gasteiger partial charge in [0.25, 0.3) is 0 Å². The number of nitrogens with zero attached hydrogens (tertiary/aromatic N) is 3. The molecule has 1 atom stereocenters. The van der Waals surface area contributed by atoms with Crippen molar-refractivity contribution in [1.82, 2.24) is 10.2 Å². The zero-order valence-corrected chi connectivity index (χ0v) is 11.0. The molecule has 0 amide bonds. The van der Waals surface area contributed by atoms with Gasteiger partial charge in [-0.05, 0) is 31.7 Å². The third-order valence-electron chi connectivity index (χ3n) is 2.95. The lowest BCUT2D eigenvalue weighted by atomic mass is 10.0. The molecule has 4 nitrogen and oxygen atoms in total. The van der Waals surface area contributed by atoms with Crippen molar-refractivity contribution in [3.05, 3.63) is 16.8 Å². The Morgan fingerprint density at radius 1 is 1.24 bits per heavy atom. The molecule has 1 unspecified atom stereocenters. The van der Waals surface area contributed by atoms with Gasteiger partial charge in [0.1, 0.15) is 11.6 Å². The first-order chi connectivity index (χ1) is 8.17. The molecule has 17 heavy (non-hydrogen) atoms. The summed E-state index contributed by atoms with van der Waals surface area (Å²) in [6.45, 7) is 8.25. The molecule has 92 valence electrons. The van der Waals surface area contributed by atoms with Crippen LogP contribution in [0.15, 0.2) is 0 Å². The van der Waals surface area contributed by atoms with E-state index in [0.717, 1.165) is 30.5 Å². The fourth-order valence-electron chi connectivity index (χ4n) is 1.73. The highest BCUT2D eigenvalue weighted by atomic mass is 15.2. The predicted molar refractivity (Wildman–Crippen MR) is 68.9 cm³/mol. The van der Waals surface area contributed by atoms with Crippen molar-refractivity contribution in [1.29, 1.82) is 5.26 Å². The van der Waals surface area contributed by atoms with Gasteiger partial charge >= 0.3 is 0 Å². The number of nitrogens with one attached hydrogen (secondary N) is 1. The van der Waals surface area contributed by atoms with Crippen LogP contribution in [0, 0.1) is 11.3 Å². The van der Waals surface area contributed by atoms with Gasteiger partial charge in [-0.2, -0.15) is 10.4 Å². The van der Waals surface area contributed by atoms with Crippen LogP contribution in [0.2, 0.25) is 0 Å². The van der Waals surface area contributed by atoms with Crippen LogP contribution >= 0.6 is 0 Å². The lowest BCUT2D eigenvalue weighted by Gasteiger charge is -2.15. The molecular formula is C13H20N4. The van der Waals surface area contributed by atoms with Crippen LogP contribution in [0.4, 0.5) is 5.82 Å². The molecular weight excluding hydrogens is 212 g/mol. The van der Waals surface area contributed by atoms with Crippen molar-refractivity contribution in [2.75, 3.05) is 5.32 Å². The van der Waals surface area contributed by atoms with Crippen molar-refractivity contribution in [3.63, 3.8) is 0 Å². The van der Waals surface area contributed by atoms with Crippen molar-refractivity contribution < 1.29 is 0 Å². The Hall–Kier alpha value is -1.63. The Bertz CT molecular complexity index is 420. The average Bonchev–Trinajstić information content (AvgIpc) is 2.37. The monoisotopic (exact) mass is 232 g/mol. The van der Waals surface area contributed by atoms with Crippen LogP contribution in [0.3, 0.4) is 0 Å². The number of rotatable bonds is 5. The van der Waals surface area contributed by atoms with Gasteiger partial charge < -0.3 is 5.32 Å². The molecule has 0 aliphatic carbocycles. The normalized spacial score (nSPS) is 11.9. The molecule has 0 aliphatic heterocycles. The SMILES string of the molecule is CCc1nnc(NC(C)CC)c(C#N)c1CC. The molecule has 0 aromatic carbocycles. The van der Waals surface area contributed by atoms with Crippen LogP contribution in [0.1, 0.15) is 50.9 Å². The van der Waals surface area contributed by atoms with E-state index in [9.17, 15) is 5.26 Å². The summed E-state index contributed by atoms with van der Waals surface area (Å²) in [5, 5.41) is 20.9. The summed E-state index contributed by atoms with van der Waals surface area (Å²) in [5.41, 5.74) is 2.61. The van der Waals surface area contributed by atoms with Gasteiger partial charge in [0, 0.05) is 6.04 Å². The van der Waals surface area contributed by atoms with Crippen molar-refractivity contribution in [2.24, 2.45) is 0 Å². The quantitative estimate of drug-likeness (QED) is 0.847. The second kappa shape index (κ2) is 6.19. The smallest absolute Gasteiger partial charge is 0.167 e. The fourth-order valence-corrected chi connectivity index (χ4v) is 1.73. The van der Waals surface area contributed by atoms with E-state index >= 15 is 0 Å². The Morgan fingerprint density at radius 3 is 2.41 bits per heavy atom. The zero-order valence-electron chi connectivity index (χ0n) is 11.0. The molecule has 0 saturated carbocycles. The maximum absolute atomic E-state index is 9.28. The summed E-state index contributed by atoms with van der Waals surface area (Å²) in [5.74, 6) is 0.621. The molecule has 1 aromatic heterocycles. The maximum atomic E-state index is 9.28. The molecule has 1 rings (SSSR count).